The normalized spacial score (nSPS) is 11.1. The van der Waals surface area contributed by atoms with E-state index < -0.39 is 0 Å². The van der Waals surface area contributed by atoms with Crippen LogP contribution < -0.4 is 16.2 Å². The first-order valence-electron chi connectivity index (χ1n) is 4.56. The van der Waals surface area contributed by atoms with Crippen molar-refractivity contribution in [3.63, 3.8) is 0 Å². The molecule has 90 valence electrons. The van der Waals surface area contributed by atoms with Crippen LogP contribution in [0.15, 0.2) is 33.7 Å². The Balaban J connectivity index is 0.00000225. The van der Waals surface area contributed by atoms with Crippen LogP contribution in [0.3, 0.4) is 0 Å². The van der Waals surface area contributed by atoms with E-state index >= 15 is 0 Å². The summed E-state index contributed by atoms with van der Waals surface area (Å²) >= 11 is 3.39. The SMILES string of the molecule is CC(CN=C(N)N)Oc1ccccc1Br.I. The molecule has 0 aliphatic heterocycles. The molecule has 0 amide bonds. The van der Waals surface area contributed by atoms with Gasteiger partial charge in [-0.15, -0.1) is 24.0 Å². The molecule has 4 nitrogen and oxygen atoms in total. The van der Waals surface area contributed by atoms with Crippen LogP contribution in [-0.4, -0.2) is 18.6 Å². The van der Waals surface area contributed by atoms with Crippen molar-refractivity contribution in [3.05, 3.63) is 28.7 Å². The van der Waals surface area contributed by atoms with Gasteiger partial charge in [0.05, 0.1) is 11.0 Å². The Morgan fingerprint density at radius 1 is 1.44 bits per heavy atom. The lowest BCUT2D eigenvalue weighted by atomic mass is 10.3. The van der Waals surface area contributed by atoms with E-state index in [9.17, 15) is 0 Å². The molecule has 1 aromatic rings. The first-order chi connectivity index (χ1) is 7.09. The molecular weight excluding hydrogens is 385 g/mol. The van der Waals surface area contributed by atoms with Gasteiger partial charge in [-0.2, -0.15) is 0 Å². The number of nitrogens with two attached hydrogens (primary N) is 2. The molecular formula is C10H15BrIN3O. The van der Waals surface area contributed by atoms with Crippen LogP contribution in [0.1, 0.15) is 6.92 Å². The molecule has 16 heavy (non-hydrogen) atoms. The lowest BCUT2D eigenvalue weighted by Gasteiger charge is -2.13. The maximum absolute atomic E-state index is 5.63. The number of benzene rings is 1. The lowest BCUT2D eigenvalue weighted by Crippen LogP contribution is -2.26. The van der Waals surface area contributed by atoms with Gasteiger partial charge in [-0.3, -0.25) is 0 Å². The highest BCUT2D eigenvalue weighted by molar-refractivity contribution is 14.0. The first-order valence-corrected chi connectivity index (χ1v) is 5.35. The third kappa shape index (κ3) is 5.55. The summed E-state index contributed by atoms with van der Waals surface area (Å²) in [5.74, 6) is 0.869. The Morgan fingerprint density at radius 2 is 2.06 bits per heavy atom. The quantitative estimate of drug-likeness (QED) is 0.462. The fraction of sp³-hybridized carbons (Fsp3) is 0.300. The summed E-state index contributed by atoms with van der Waals surface area (Å²) in [5, 5.41) is 0. The third-order valence-corrected chi connectivity index (χ3v) is 2.35. The van der Waals surface area contributed by atoms with E-state index in [0.717, 1.165) is 10.2 Å². The predicted octanol–water partition coefficient (Wildman–Crippen LogP) is 2.11. The Hall–Kier alpha value is -0.500. The highest BCUT2D eigenvalue weighted by atomic mass is 127. The molecule has 0 saturated carbocycles. The number of hydrogen-bond donors (Lipinski definition) is 2. The van der Waals surface area contributed by atoms with E-state index in [1.54, 1.807) is 0 Å². The first kappa shape index (κ1) is 15.5. The van der Waals surface area contributed by atoms with E-state index in [2.05, 4.69) is 20.9 Å². The maximum Gasteiger partial charge on any atom is 0.186 e. The summed E-state index contributed by atoms with van der Waals surface area (Å²) in [6, 6.07) is 7.64. The van der Waals surface area contributed by atoms with Gasteiger partial charge in [0.2, 0.25) is 0 Å². The summed E-state index contributed by atoms with van der Waals surface area (Å²) in [7, 11) is 0. The second-order valence-electron chi connectivity index (χ2n) is 3.12. The Bertz CT molecular complexity index is 356. The highest BCUT2D eigenvalue weighted by Crippen LogP contribution is 2.24. The number of guanidine groups is 1. The zero-order valence-corrected chi connectivity index (χ0v) is 12.8. The van der Waals surface area contributed by atoms with Gasteiger partial charge in [-0.1, -0.05) is 12.1 Å². The van der Waals surface area contributed by atoms with Gasteiger partial charge in [0.15, 0.2) is 5.96 Å². The van der Waals surface area contributed by atoms with Crippen molar-refractivity contribution in [2.24, 2.45) is 16.5 Å². The minimum absolute atomic E-state index is 0. The maximum atomic E-state index is 5.63. The zero-order valence-electron chi connectivity index (χ0n) is 8.89. The molecule has 1 atom stereocenters. The summed E-state index contributed by atoms with van der Waals surface area (Å²) in [6.07, 6.45) is -0.0641. The summed E-state index contributed by atoms with van der Waals surface area (Å²) in [4.78, 5) is 3.88. The fourth-order valence-corrected chi connectivity index (χ4v) is 1.41. The van der Waals surface area contributed by atoms with Gasteiger partial charge < -0.3 is 16.2 Å². The van der Waals surface area contributed by atoms with Crippen LogP contribution in [0.2, 0.25) is 0 Å². The molecule has 0 fully saturated rings. The van der Waals surface area contributed by atoms with E-state index in [1.165, 1.54) is 0 Å². The second kappa shape index (κ2) is 7.72. The minimum atomic E-state index is -0.0641. The van der Waals surface area contributed by atoms with Crippen LogP contribution in [0.25, 0.3) is 0 Å². The van der Waals surface area contributed by atoms with Crippen molar-refractivity contribution in [1.29, 1.82) is 0 Å². The van der Waals surface area contributed by atoms with Crippen LogP contribution in [-0.2, 0) is 0 Å². The van der Waals surface area contributed by atoms with Crippen molar-refractivity contribution in [3.8, 4) is 5.75 Å². The molecule has 6 heteroatoms. The second-order valence-corrected chi connectivity index (χ2v) is 3.98. The topological polar surface area (TPSA) is 73.6 Å². The molecule has 4 N–H and O–H groups in total. The Labute approximate surface area is 121 Å². The fourth-order valence-electron chi connectivity index (χ4n) is 1.03. The van der Waals surface area contributed by atoms with Crippen LogP contribution in [0.4, 0.5) is 0 Å². The van der Waals surface area contributed by atoms with E-state index in [1.807, 2.05) is 31.2 Å². The van der Waals surface area contributed by atoms with Gasteiger partial charge >= 0.3 is 0 Å². The summed E-state index contributed by atoms with van der Waals surface area (Å²) in [6.45, 7) is 2.36. The van der Waals surface area contributed by atoms with E-state index in [4.69, 9.17) is 16.2 Å². The van der Waals surface area contributed by atoms with Gasteiger partial charge in [0.25, 0.3) is 0 Å². The van der Waals surface area contributed by atoms with Gasteiger partial charge in [0.1, 0.15) is 11.9 Å². The van der Waals surface area contributed by atoms with Crippen molar-refractivity contribution in [2.75, 3.05) is 6.54 Å². The molecule has 0 saturated heterocycles. The Kier molecular flexibility index (Phi) is 7.48. The van der Waals surface area contributed by atoms with Crippen molar-refractivity contribution in [1.82, 2.24) is 0 Å². The molecule has 1 unspecified atom stereocenters. The number of para-hydroxylation sites is 1. The number of aliphatic imine (C=N–C) groups is 1. The number of nitrogens with zero attached hydrogens (tertiary/aromatic N) is 1. The van der Waals surface area contributed by atoms with Crippen LogP contribution >= 0.6 is 39.9 Å². The summed E-state index contributed by atoms with van der Waals surface area (Å²) in [5.41, 5.74) is 10.5. The van der Waals surface area contributed by atoms with Gasteiger partial charge in [-0.25, -0.2) is 4.99 Å². The van der Waals surface area contributed by atoms with Crippen LogP contribution in [0, 0.1) is 0 Å². The smallest absolute Gasteiger partial charge is 0.186 e. The Morgan fingerprint density at radius 3 is 2.62 bits per heavy atom. The average Bonchev–Trinajstić information content (AvgIpc) is 2.18. The third-order valence-electron chi connectivity index (χ3n) is 1.70. The largest absolute Gasteiger partial charge is 0.488 e. The van der Waals surface area contributed by atoms with Gasteiger partial charge in [0, 0.05) is 0 Å². The standard InChI is InChI=1S/C10H14BrN3O.HI/c1-7(6-14-10(12)13)15-9-5-3-2-4-8(9)11;/h2-5,7H,6H2,1H3,(H4,12,13,14);1H. The minimum Gasteiger partial charge on any atom is -0.488 e. The van der Waals surface area contributed by atoms with Gasteiger partial charge in [-0.05, 0) is 35.0 Å². The molecule has 1 rings (SSSR count). The molecule has 0 bridgehead atoms. The van der Waals surface area contributed by atoms with Crippen molar-refractivity contribution in [2.45, 2.75) is 13.0 Å². The molecule has 1 aromatic carbocycles. The lowest BCUT2D eigenvalue weighted by molar-refractivity contribution is 0.229. The molecule has 0 heterocycles. The molecule has 0 spiro atoms. The molecule has 0 aliphatic rings. The number of halogens is 2. The van der Waals surface area contributed by atoms with E-state index in [0.29, 0.717) is 6.54 Å². The molecule has 0 radical (unpaired) electrons. The van der Waals surface area contributed by atoms with Crippen molar-refractivity contribution >= 4 is 45.9 Å². The molecule has 0 aliphatic carbocycles. The van der Waals surface area contributed by atoms with Crippen molar-refractivity contribution < 1.29 is 4.74 Å². The average molecular weight is 400 g/mol. The number of hydrogen-bond acceptors (Lipinski definition) is 2. The predicted molar refractivity (Wildman–Crippen MR) is 80.3 cm³/mol. The van der Waals surface area contributed by atoms with E-state index in [-0.39, 0.29) is 36.0 Å². The number of rotatable bonds is 4. The highest BCUT2D eigenvalue weighted by Gasteiger charge is 2.05. The zero-order chi connectivity index (χ0) is 11.3. The monoisotopic (exact) mass is 399 g/mol. The van der Waals surface area contributed by atoms with Crippen LogP contribution in [0.5, 0.6) is 5.75 Å². The summed E-state index contributed by atoms with van der Waals surface area (Å²) < 4.78 is 6.55. The molecule has 0 aromatic heterocycles. The number of ether oxygens (including phenoxy) is 1.